The van der Waals surface area contributed by atoms with Gasteiger partial charge in [-0.15, -0.1) is 6.42 Å². The molecule has 1 atom stereocenters. The maximum atomic E-state index is 13.8. The number of para-hydroxylation sites is 1. The summed E-state index contributed by atoms with van der Waals surface area (Å²) in [6, 6.07) is 9.44. The number of nitrogens with one attached hydrogen (secondary N) is 2. The van der Waals surface area contributed by atoms with E-state index in [1.807, 2.05) is 6.92 Å². The number of nitrogens with zero attached hydrogens (tertiary/aromatic N) is 1. The Morgan fingerprint density at radius 3 is 2.74 bits per heavy atom. The van der Waals surface area contributed by atoms with Gasteiger partial charge in [-0.25, -0.2) is 9.37 Å². The molecule has 1 heterocycles. The molecule has 2 rings (SSSR count). The Kier molecular flexibility index (Phi) is 4.97. The third-order valence-electron chi connectivity index (χ3n) is 3.59. The number of anilines is 2. The van der Waals surface area contributed by atoms with Gasteiger partial charge >= 0.3 is 0 Å². The molecule has 0 fully saturated rings. The summed E-state index contributed by atoms with van der Waals surface area (Å²) < 4.78 is 13.8. The van der Waals surface area contributed by atoms with Gasteiger partial charge < -0.3 is 10.6 Å². The van der Waals surface area contributed by atoms with Crippen LogP contribution in [0, 0.1) is 18.2 Å². The molecule has 2 aromatic rings. The fourth-order valence-corrected chi connectivity index (χ4v) is 1.92. The number of aromatic nitrogens is 1. The van der Waals surface area contributed by atoms with E-state index in [4.69, 9.17) is 6.42 Å². The van der Waals surface area contributed by atoms with Crippen LogP contribution in [0.5, 0.6) is 0 Å². The topological polar surface area (TPSA) is 54.0 Å². The molecule has 0 spiro atoms. The minimum atomic E-state index is -0.748. The second-order valence-electron chi connectivity index (χ2n) is 5.29. The molecule has 0 unspecified atom stereocenters. The molecule has 0 bridgehead atoms. The van der Waals surface area contributed by atoms with Gasteiger partial charge in [-0.05, 0) is 37.6 Å². The predicted octanol–water partition coefficient (Wildman–Crippen LogP) is 3.50. The first-order valence-corrected chi connectivity index (χ1v) is 7.26. The molecular weight excluding hydrogens is 293 g/mol. The summed E-state index contributed by atoms with van der Waals surface area (Å²) in [5, 5.41) is 5.65. The second-order valence-corrected chi connectivity index (χ2v) is 5.29. The van der Waals surface area contributed by atoms with Crippen molar-refractivity contribution in [2.75, 3.05) is 5.32 Å². The van der Waals surface area contributed by atoms with E-state index in [-0.39, 0.29) is 17.4 Å². The molecule has 0 aliphatic carbocycles. The van der Waals surface area contributed by atoms with Crippen molar-refractivity contribution in [1.82, 2.24) is 10.3 Å². The molecule has 0 radical (unpaired) electrons. The second kappa shape index (κ2) is 6.93. The van der Waals surface area contributed by atoms with Gasteiger partial charge in [0.25, 0.3) is 5.91 Å². The average molecular weight is 311 g/mol. The first-order valence-electron chi connectivity index (χ1n) is 7.26. The SMILES string of the molecule is C#C[C@@](C)(CC)NC(=O)c1cccnc1Nc1ccccc1F. The Hall–Kier alpha value is -2.87. The standard InChI is InChI=1S/C18H18FN3O/c1-4-18(3,5-2)22-17(23)13-9-8-12-20-16(13)21-15-11-7-6-10-14(15)19/h1,6-12H,5H2,2-3H3,(H,20,21)(H,22,23)/t18-/m0/s1. The normalized spacial score (nSPS) is 12.8. The lowest BCUT2D eigenvalue weighted by Gasteiger charge is -2.24. The van der Waals surface area contributed by atoms with Gasteiger partial charge in [-0.3, -0.25) is 4.79 Å². The first kappa shape index (κ1) is 16.5. The molecule has 2 N–H and O–H groups in total. The van der Waals surface area contributed by atoms with Crippen LogP contribution in [-0.4, -0.2) is 16.4 Å². The number of carbonyl (C=O) groups is 1. The Balaban J connectivity index is 2.29. The van der Waals surface area contributed by atoms with E-state index in [1.54, 1.807) is 37.3 Å². The van der Waals surface area contributed by atoms with Gasteiger partial charge in [0.05, 0.1) is 16.8 Å². The van der Waals surface area contributed by atoms with Crippen molar-refractivity contribution in [3.05, 3.63) is 54.0 Å². The predicted molar refractivity (Wildman–Crippen MR) is 88.9 cm³/mol. The maximum Gasteiger partial charge on any atom is 0.256 e. The molecule has 0 saturated heterocycles. The summed E-state index contributed by atoms with van der Waals surface area (Å²) in [6.07, 6.45) is 7.60. The number of terminal acetylenes is 1. The Labute approximate surface area is 135 Å². The van der Waals surface area contributed by atoms with Crippen LogP contribution in [0.15, 0.2) is 42.6 Å². The summed E-state index contributed by atoms with van der Waals surface area (Å²) in [6.45, 7) is 3.66. The summed E-state index contributed by atoms with van der Waals surface area (Å²) in [7, 11) is 0. The minimum Gasteiger partial charge on any atom is -0.337 e. The van der Waals surface area contributed by atoms with E-state index in [1.165, 1.54) is 12.3 Å². The molecule has 1 aromatic carbocycles. The van der Waals surface area contributed by atoms with E-state index >= 15 is 0 Å². The Morgan fingerprint density at radius 2 is 2.09 bits per heavy atom. The molecular formula is C18H18FN3O. The van der Waals surface area contributed by atoms with Gasteiger partial charge in [-0.1, -0.05) is 25.0 Å². The number of carbonyl (C=O) groups excluding carboxylic acids is 1. The van der Waals surface area contributed by atoms with E-state index in [2.05, 4.69) is 21.5 Å². The maximum absolute atomic E-state index is 13.8. The van der Waals surface area contributed by atoms with E-state index in [0.717, 1.165) is 0 Å². The van der Waals surface area contributed by atoms with Crippen LogP contribution in [-0.2, 0) is 0 Å². The highest BCUT2D eigenvalue weighted by molar-refractivity contribution is 5.99. The summed E-state index contributed by atoms with van der Waals surface area (Å²) in [5.74, 6) is 2.06. The van der Waals surface area contributed by atoms with Crippen LogP contribution < -0.4 is 10.6 Å². The molecule has 118 valence electrons. The van der Waals surface area contributed by atoms with Crippen LogP contribution in [0.2, 0.25) is 0 Å². The number of benzene rings is 1. The van der Waals surface area contributed by atoms with Crippen LogP contribution in [0.25, 0.3) is 0 Å². The van der Waals surface area contributed by atoms with Crippen molar-refractivity contribution in [3.63, 3.8) is 0 Å². The highest BCUT2D eigenvalue weighted by atomic mass is 19.1. The quantitative estimate of drug-likeness (QED) is 0.831. The number of rotatable bonds is 5. The fourth-order valence-electron chi connectivity index (χ4n) is 1.92. The van der Waals surface area contributed by atoms with Gasteiger partial charge in [0.15, 0.2) is 0 Å². The van der Waals surface area contributed by atoms with Crippen molar-refractivity contribution < 1.29 is 9.18 Å². The molecule has 5 heteroatoms. The van der Waals surface area contributed by atoms with Crippen LogP contribution in [0.3, 0.4) is 0 Å². The average Bonchev–Trinajstić information content (AvgIpc) is 2.57. The zero-order valence-electron chi connectivity index (χ0n) is 13.1. The summed E-state index contributed by atoms with van der Waals surface area (Å²) >= 11 is 0. The van der Waals surface area contributed by atoms with Gasteiger partial charge in [0.1, 0.15) is 11.6 Å². The van der Waals surface area contributed by atoms with E-state index < -0.39 is 11.4 Å². The zero-order valence-corrected chi connectivity index (χ0v) is 13.1. The third-order valence-corrected chi connectivity index (χ3v) is 3.59. The van der Waals surface area contributed by atoms with Crippen LogP contribution >= 0.6 is 0 Å². The Morgan fingerprint density at radius 1 is 1.35 bits per heavy atom. The fraction of sp³-hybridized carbons (Fsp3) is 0.222. The lowest BCUT2D eigenvalue weighted by atomic mass is 9.99. The van der Waals surface area contributed by atoms with E-state index in [9.17, 15) is 9.18 Å². The van der Waals surface area contributed by atoms with Gasteiger partial charge in [-0.2, -0.15) is 0 Å². The van der Waals surface area contributed by atoms with E-state index in [0.29, 0.717) is 12.0 Å². The number of halogens is 1. The monoisotopic (exact) mass is 311 g/mol. The Bertz CT molecular complexity index is 754. The number of pyridine rings is 1. The molecule has 0 aliphatic heterocycles. The van der Waals surface area contributed by atoms with Crippen molar-refractivity contribution >= 4 is 17.4 Å². The highest BCUT2D eigenvalue weighted by Gasteiger charge is 2.23. The molecule has 0 saturated carbocycles. The number of hydrogen-bond acceptors (Lipinski definition) is 3. The molecule has 1 aromatic heterocycles. The third kappa shape index (κ3) is 3.86. The highest BCUT2D eigenvalue weighted by Crippen LogP contribution is 2.21. The molecule has 23 heavy (non-hydrogen) atoms. The largest absolute Gasteiger partial charge is 0.337 e. The zero-order chi connectivity index (χ0) is 16.9. The molecule has 0 aliphatic rings. The molecule has 4 nitrogen and oxygen atoms in total. The lowest BCUT2D eigenvalue weighted by Crippen LogP contribution is -2.44. The number of hydrogen-bond donors (Lipinski definition) is 2. The summed E-state index contributed by atoms with van der Waals surface area (Å²) in [4.78, 5) is 16.6. The first-order chi connectivity index (χ1) is 11.0. The van der Waals surface area contributed by atoms with Crippen molar-refractivity contribution in [2.24, 2.45) is 0 Å². The smallest absolute Gasteiger partial charge is 0.256 e. The van der Waals surface area contributed by atoms with Crippen LogP contribution in [0.4, 0.5) is 15.9 Å². The minimum absolute atomic E-state index is 0.246. The van der Waals surface area contributed by atoms with Gasteiger partial charge in [0.2, 0.25) is 0 Å². The summed E-state index contributed by atoms with van der Waals surface area (Å²) in [5.41, 5.74) is -0.205. The lowest BCUT2D eigenvalue weighted by molar-refractivity contribution is 0.0924. The van der Waals surface area contributed by atoms with Crippen LogP contribution in [0.1, 0.15) is 30.6 Å². The number of amides is 1. The molecule has 1 amide bonds. The van der Waals surface area contributed by atoms with Crippen molar-refractivity contribution in [3.8, 4) is 12.3 Å². The van der Waals surface area contributed by atoms with Crippen molar-refractivity contribution in [1.29, 1.82) is 0 Å². The van der Waals surface area contributed by atoms with Gasteiger partial charge in [0, 0.05) is 6.20 Å². The van der Waals surface area contributed by atoms with Crippen molar-refractivity contribution in [2.45, 2.75) is 25.8 Å².